The topological polar surface area (TPSA) is 9.23 Å². The molecule has 0 fully saturated rings. The van der Waals surface area contributed by atoms with Gasteiger partial charge in [0.05, 0.1) is 0 Å². The minimum Gasteiger partial charge on any atom is -0.385 e. The van der Waals surface area contributed by atoms with Crippen molar-refractivity contribution < 1.29 is 4.74 Å². The molecular formula is C22H28O. The summed E-state index contributed by atoms with van der Waals surface area (Å²) in [4.78, 5) is 0. The van der Waals surface area contributed by atoms with Crippen LogP contribution >= 0.6 is 0 Å². The lowest BCUT2D eigenvalue weighted by Crippen LogP contribution is -1.95. The smallest absolute Gasteiger partial charge is 0.0465 e. The first-order valence-electron chi connectivity index (χ1n) is 8.48. The van der Waals surface area contributed by atoms with Crippen molar-refractivity contribution in [2.45, 2.75) is 39.5 Å². The maximum atomic E-state index is 5.23. The molecular weight excluding hydrogens is 280 g/mol. The maximum Gasteiger partial charge on any atom is 0.0465 e. The predicted molar refractivity (Wildman–Crippen MR) is 101 cm³/mol. The molecule has 0 spiro atoms. The summed E-state index contributed by atoms with van der Waals surface area (Å²) in [6.45, 7) is 7.51. The van der Waals surface area contributed by atoms with E-state index in [2.05, 4.69) is 75.4 Å². The molecule has 0 amide bonds. The number of allylic oxidation sites excluding steroid dienone is 2. The number of rotatable bonds is 7. The van der Waals surface area contributed by atoms with E-state index in [1.807, 2.05) is 0 Å². The van der Waals surface area contributed by atoms with Crippen molar-refractivity contribution in [3.63, 3.8) is 0 Å². The molecule has 0 aliphatic carbocycles. The summed E-state index contributed by atoms with van der Waals surface area (Å²) in [5.74, 6) is 0.573. The molecule has 1 heteroatoms. The largest absolute Gasteiger partial charge is 0.385 e. The lowest BCUT2D eigenvalue weighted by molar-refractivity contribution is 0.196. The molecule has 0 aromatic heterocycles. The van der Waals surface area contributed by atoms with Crippen molar-refractivity contribution in [1.82, 2.24) is 0 Å². The molecule has 2 aromatic carbocycles. The minimum absolute atomic E-state index is 0.573. The van der Waals surface area contributed by atoms with Gasteiger partial charge < -0.3 is 4.74 Å². The fraction of sp³-hybridized carbons (Fsp3) is 0.364. The standard InChI is InChI=1S/C22H28O/c1-17(2)19-12-14-20(15-13-19)18(3)22(11-8-16-23-4)21-9-6-5-7-10-21/h5-7,9-10,12-15,17H,8,11,16H2,1-4H3/b22-18+. The van der Waals surface area contributed by atoms with Crippen molar-refractivity contribution in [3.05, 3.63) is 71.3 Å². The Morgan fingerprint density at radius 2 is 1.57 bits per heavy atom. The van der Waals surface area contributed by atoms with Gasteiger partial charge in [-0.1, -0.05) is 68.4 Å². The quantitative estimate of drug-likeness (QED) is 0.439. The molecule has 23 heavy (non-hydrogen) atoms. The fourth-order valence-electron chi connectivity index (χ4n) is 2.87. The molecule has 1 nitrogen and oxygen atoms in total. The Morgan fingerprint density at radius 1 is 0.913 bits per heavy atom. The van der Waals surface area contributed by atoms with E-state index in [1.165, 1.54) is 27.8 Å². The second-order valence-electron chi connectivity index (χ2n) is 6.34. The number of ether oxygens (including phenoxy) is 1. The van der Waals surface area contributed by atoms with Gasteiger partial charge in [0.15, 0.2) is 0 Å². The first kappa shape index (κ1) is 17.5. The van der Waals surface area contributed by atoms with Gasteiger partial charge in [-0.3, -0.25) is 0 Å². The summed E-state index contributed by atoms with van der Waals surface area (Å²) in [5.41, 5.74) is 6.80. The molecule has 0 unspecified atom stereocenters. The Balaban J connectivity index is 2.35. The fourth-order valence-corrected chi connectivity index (χ4v) is 2.87. The molecule has 0 bridgehead atoms. The summed E-state index contributed by atoms with van der Waals surface area (Å²) in [6.07, 6.45) is 2.08. The van der Waals surface area contributed by atoms with Crippen molar-refractivity contribution in [1.29, 1.82) is 0 Å². The van der Waals surface area contributed by atoms with Crippen LogP contribution in [0.2, 0.25) is 0 Å². The summed E-state index contributed by atoms with van der Waals surface area (Å²) < 4.78 is 5.23. The molecule has 0 N–H and O–H groups in total. The zero-order chi connectivity index (χ0) is 16.7. The van der Waals surface area contributed by atoms with E-state index in [0.717, 1.165) is 19.4 Å². The van der Waals surface area contributed by atoms with Crippen LogP contribution in [-0.2, 0) is 4.74 Å². The molecule has 2 aromatic rings. The van der Waals surface area contributed by atoms with Gasteiger partial charge in [0.2, 0.25) is 0 Å². The van der Waals surface area contributed by atoms with E-state index >= 15 is 0 Å². The van der Waals surface area contributed by atoms with E-state index in [1.54, 1.807) is 7.11 Å². The zero-order valence-corrected chi connectivity index (χ0v) is 14.8. The summed E-state index contributed by atoms with van der Waals surface area (Å²) in [5, 5.41) is 0. The van der Waals surface area contributed by atoms with E-state index in [9.17, 15) is 0 Å². The number of methoxy groups -OCH3 is 1. The van der Waals surface area contributed by atoms with Crippen molar-refractivity contribution >= 4 is 11.1 Å². The van der Waals surface area contributed by atoms with Gasteiger partial charge >= 0.3 is 0 Å². The number of hydrogen-bond donors (Lipinski definition) is 0. The Kier molecular flexibility index (Phi) is 6.61. The van der Waals surface area contributed by atoms with Crippen LogP contribution in [0.1, 0.15) is 56.2 Å². The highest BCUT2D eigenvalue weighted by atomic mass is 16.5. The van der Waals surface area contributed by atoms with Gasteiger partial charge in [-0.15, -0.1) is 0 Å². The third kappa shape index (κ3) is 4.80. The van der Waals surface area contributed by atoms with E-state index in [4.69, 9.17) is 4.74 Å². The number of hydrogen-bond acceptors (Lipinski definition) is 1. The second kappa shape index (κ2) is 8.69. The van der Waals surface area contributed by atoms with E-state index < -0.39 is 0 Å². The zero-order valence-electron chi connectivity index (χ0n) is 14.8. The van der Waals surface area contributed by atoms with Crippen LogP contribution in [0.4, 0.5) is 0 Å². The van der Waals surface area contributed by atoms with Gasteiger partial charge in [-0.25, -0.2) is 0 Å². The molecule has 2 rings (SSSR count). The lowest BCUT2D eigenvalue weighted by Gasteiger charge is -2.14. The summed E-state index contributed by atoms with van der Waals surface area (Å²) >= 11 is 0. The van der Waals surface area contributed by atoms with E-state index in [0.29, 0.717) is 5.92 Å². The number of benzene rings is 2. The van der Waals surface area contributed by atoms with Crippen molar-refractivity contribution in [2.75, 3.05) is 13.7 Å². The van der Waals surface area contributed by atoms with Crippen molar-refractivity contribution in [2.24, 2.45) is 0 Å². The van der Waals surface area contributed by atoms with Gasteiger partial charge in [0, 0.05) is 13.7 Å². The monoisotopic (exact) mass is 308 g/mol. The summed E-state index contributed by atoms with van der Waals surface area (Å²) in [7, 11) is 1.77. The van der Waals surface area contributed by atoms with Crippen molar-refractivity contribution in [3.8, 4) is 0 Å². The molecule has 122 valence electrons. The third-order valence-electron chi connectivity index (χ3n) is 4.36. The average Bonchev–Trinajstić information content (AvgIpc) is 2.59. The highest BCUT2D eigenvalue weighted by Gasteiger charge is 2.08. The van der Waals surface area contributed by atoms with Gasteiger partial charge in [0.1, 0.15) is 0 Å². The molecule has 0 saturated carbocycles. The molecule has 0 aliphatic heterocycles. The molecule has 0 radical (unpaired) electrons. The highest BCUT2D eigenvalue weighted by molar-refractivity contribution is 5.89. The molecule has 0 saturated heterocycles. The Hall–Kier alpha value is -1.86. The van der Waals surface area contributed by atoms with Gasteiger partial charge in [-0.05, 0) is 53.5 Å². The van der Waals surface area contributed by atoms with Crippen LogP contribution in [0.3, 0.4) is 0 Å². The van der Waals surface area contributed by atoms with Crippen LogP contribution in [0, 0.1) is 0 Å². The molecule has 0 heterocycles. The van der Waals surface area contributed by atoms with Crippen LogP contribution in [0.25, 0.3) is 11.1 Å². The summed E-state index contributed by atoms with van der Waals surface area (Å²) in [6, 6.07) is 19.7. The first-order chi connectivity index (χ1) is 11.1. The van der Waals surface area contributed by atoms with Gasteiger partial charge in [-0.2, -0.15) is 0 Å². The van der Waals surface area contributed by atoms with Crippen LogP contribution in [0.15, 0.2) is 54.6 Å². The predicted octanol–water partition coefficient (Wildman–Crippen LogP) is 6.17. The van der Waals surface area contributed by atoms with Crippen LogP contribution < -0.4 is 0 Å². The minimum atomic E-state index is 0.573. The average molecular weight is 308 g/mol. The Bertz CT molecular complexity index is 621. The molecule has 0 atom stereocenters. The first-order valence-corrected chi connectivity index (χ1v) is 8.48. The highest BCUT2D eigenvalue weighted by Crippen LogP contribution is 2.30. The second-order valence-corrected chi connectivity index (χ2v) is 6.34. The normalized spacial score (nSPS) is 12.4. The maximum absolute atomic E-state index is 5.23. The van der Waals surface area contributed by atoms with E-state index in [-0.39, 0.29) is 0 Å². The third-order valence-corrected chi connectivity index (χ3v) is 4.36. The Morgan fingerprint density at radius 3 is 2.13 bits per heavy atom. The lowest BCUT2D eigenvalue weighted by atomic mass is 9.91. The Labute approximate surface area is 141 Å². The van der Waals surface area contributed by atoms with Gasteiger partial charge in [0.25, 0.3) is 0 Å². The molecule has 0 aliphatic rings. The van der Waals surface area contributed by atoms with Crippen LogP contribution in [0.5, 0.6) is 0 Å². The SMILES string of the molecule is COCCC/C(=C(/C)c1ccc(C(C)C)cc1)c1ccccc1. The van der Waals surface area contributed by atoms with Crippen LogP contribution in [-0.4, -0.2) is 13.7 Å².